The van der Waals surface area contributed by atoms with Gasteiger partial charge in [-0.25, -0.2) is 13.8 Å². The number of carbonyl (C=O) groups is 1. The van der Waals surface area contributed by atoms with Crippen molar-refractivity contribution in [1.29, 1.82) is 0 Å². The Bertz CT molecular complexity index is 357. The first-order valence-electron chi connectivity index (χ1n) is 3.58. The van der Waals surface area contributed by atoms with Crippen LogP contribution in [0.25, 0.3) is 0 Å². The number of hydrogen-bond acceptors (Lipinski definition) is 3. The number of pyridine rings is 1. The van der Waals surface area contributed by atoms with E-state index < -0.39 is 12.1 Å². The minimum atomic E-state index is -2.78. The van der Waals surface area contributed by atoms with E-state index in [2.05, 4.69) is 4.98 Å². The van der Waals surface area contributed by atoms with Crippen molar-refractivity contribution in [2.24, 2.45) is 0 Å². The average Bonchev–Trinajstić information content (AvgIpc) is 2.16. The number of aldehydes is 1. The van der Waals surface area contributed by atoms with Crippen LogP contribution in [0.2, 0.25) is 0 Å². The summed E-state index contributed by atoms with van der Waals surface area (Å²) in [6.45, 7) is 0. The highest BCUT2D eigenvalue weighted by molar-refractivity contribution is 14.1. The van der Waals surface area contributed by atoms with Crippen LogP contribution in [-0.2, 0) is 0 Å². The number of alkyl halides is 2. The van der Waals surface area contributed by atoms with E-state index in [0.29, 0.717) is 9.99 Å². The molecular weight excluding hydrogens is 307 g/mol. The molecule has 0 unspecified atom stereocenters. The van der Waals surface area contributed by atoms with Crippen molar-refractivity contribution in [3.05, 3.63) is 21.0 Å². The summed E-state index contributed by atoms with van der Waals surface area (Å²) in [5, 5.41) is 0. The molecule has 1 aromatic rings. The number of carbonyl (C=O) groups excluding carboxylic acids is 1. The second-order valence-electron chi connectivity index (χ2n) is 2.36. The Morgan fingerprint density at radius 3 is 2.71 bits per heavy atom. The van der Waals surface area contributed by atoms with E-state index in [9.17, 15) is 13.6 Å². The molecule has 0 aromatic carbocycles. The maximum atomic E-state index is 12.4. The highest BCUT2D eigenvalue weighted by atomic mass is 127. The lowest BCUT2D eigenvalue weighted by molar-refractivity contribution is 0.109. The first kappa shape index (κ1) is 11.3. The third-order valence-corrected chi connectivity index (χ3v) is 2.12. The van der Waals surface area contributed by atoms with Crippen LogP contribution in [-0.4, -0.2) is 18.4 Å². The lowest BCUT2D eigenvalue weighted by atomic mass is 10.2. The molecule has 1 rings (SSSR count). The normalized spacial score (nSPS) is 10.4. The molecule has 0 aliphatic heterocycles. The zero-order valence-electron chi connectivity index (χ0n) is 7.13. The molecule has 0 saturated heterocycles. The predicted octanol–water partition coefficient (Wildman–Crippen LogP) is 2.44. The summed E-state index contributed by atoms with van der Waals surface area (Å²) in [5.41, 5.74) is -0.730. The fourth-order valence-corrected chi connectivity index (χ4v) is 1.52. The number of halogens is 3. The van der Waals surface area contributed by atoms with Gasteiger partial charge >= 0.3 is 0 Å². The molecule has 0 bridgehead atoms. The molecule has 0 aliphatic rings. The number of aromatic nitrogens is 1. The van der Waals surface area contributed by atoms with E-state index in [0.717, 1.165) is 0 Å². The Kier molecular flexibility index (Phi) is 3.73. The lowest BCUT2D eigenvalue weighted by Gasteiger charge is -2.08. The van der Waals surface area contributed by atoms with Crippen LogP contribution >= 0.6 is 22.6 Å². The third kappa shape index (κ3) is 2.17. The Morgan fingerprint density at radius 2 is 2.29 bits per heavy atom. The van der Waals surface area contributed by atoms with Crippen molar-refractivity contribution in [3.8, 4) is 5.75 Å². The van der Waals surface area contributed by atoms with Gasteiger partial charge in [0.1, 0.15) is 15.1 Å². The first-order valence-corrected chi connectivity index (χ1v) is 4.65. The molecule has 0 atom stereocenters. The van der Waals surface area contributed by atoms with Crippen molar-refractivity contribution in [1.82, 2.24) is 4.98 Å². The fourth-order valence-electron chi connectivity index (χ4n) is 0.973. The number of nitrogens with zero attached hydrogens (tertiary/aromatic N) is 1. The molecule has 0 aliphatic carbocycles. The van der Waals surface area contributed by atoms with Crippen LogP contribution in [0.1, 0.15) is 22.5 Å². The molecule has 14 heavy (non-hydrogen) atoms. The van der Waals surface area contributed by atoms with Gasteiger partial charge in [0.25, 0.3) is 6.43 Å². The first-order chi connectivity index (χ1) is 6.60. The smallest absolute Gasteiger partial charge is 0.281 e. The monoisotopic (exact) mass is 313 g/mol. The van der Waals surface area contributed by atoms with Crippen LogP contribution in [0.3, 0.4) is 0 Å². The Balaban J connectivity index is 3.39. The Morgan fingerprint density at radius 1 is 1.64 bits per heavy atom. The summed E-state index contributed by atoms with van der Waals surface area (Å²) in [5.74, 6) is 0.120. The molecule has 6 heteroatoms. The van der Waals surface area contributed by atoms with Gasteiger partial charge in [-0.1, -0.05) is 0 Å². The van der Waals surface area contributed by atoms with Crippen molar-refractivity contribution in [3.63, 3.8) is 0 Å². The van der Waals surface area contributed by atoms with Crippen LogP contribution in [0.15, 0.2) is 6.07 Å². The van der Waals surface area contributed by atoms with E-state index in [-0.39, 0.29) is 11.3 Å². The molecule has 0 radical (unpaired) electrons. The molecule has 0 amide bonds. The summed E-state index contributed by atoms with van der Waals surface area (Å²) in [7, 11) is 1.31. The molecule has 0 fully saturated rings. The zero-order valence-corrected chi connectivity index (χ0v) is 9.29. The van der Waals surface area contributed by atoms with Crippen molar-refractivity contribution >= 4 is 28.9 Å². The van der Waals surface area contributed by atoms with E-state index in [1.54, 1.807) is 22.6 Å². The van der Waals surface area contributed by atoms with Crippen LogP contribution in [0.5, 0.6) is 5.75 Å². The molecule has 3 nitrogen and oxygen atoms in total. The fraction of sp³-hybridized carbons (Fsp3) is 0.250. The topological polar surface area (TPSA) is 39.2 Å². The van der Waals surface area contributed by atoms with Gasteiger partial charge in [0.2, 0.25) is 0 Å². The number of ether oxygens (including phenoxy) is 1. The molecule has 0 N–H and O–H groups in total. The van der Waals surface area contributed by atoms with Gasteiger partial charge < -0.3 is 4.74 Å². The Hall–Kier alpha value is -0.790. The third-order valence-electron chi connectivity index (χ3n) is 1.56. The number of rotatable bonds is 3. The second-order valence-corrected chi connectivity index (χ2v) is 3.47. The van der Waals surface area contributed by atoms with Gasteiger partial charge in [0.15, 0.2) is 6.29 Å². The van der Waals surface area contributed by atoms with E-state index in [1.807, 2.05) is 0 Å². The molecule has 1 heterocycles. The van der Waals surface area contributed by atoms with E-state index in [1.165, 1.54) is 13.2 Å². The van der Waals surface area contributed by atoms with Gasteiger partial charge in [0, 0.05) is 6.07 Å². The standard InChI is InChI=1S/C8H6F2INO2/c1-14-5-2-6(11)12-7(8(9)10)4(5)3-13/h2-3,8H,1H3. The molecule has 0 spiro atoms. The van der Waals surface area contributed by atoms with Gasteiger partial charge in [-0.15, -0.1) is 0 Å². The average molecular weight is 313 g/mol. The van der Waals surface area contributed by atoms with Crippen molar-refractivity contribution in [2.45, 2.75) is 6.43 Å². The SMILES string of the molecule is COc1cc(I)nc(C(F)F)c1C=O. The van der Waals surface area contributed by atoms with Gasteiger partial charge in [-0.3, -0.25) is 4.79 Å². The minimum Gasteiger partial charge on any atom is -0.496 e. The van der Waals surface area contributed by atoms with Crippen molar-refractivity contribution < 1.29 is 18.3 Å². The van der Waals surface area contributed by atoms with Crippen molar-refractivity contribution in [2.75, 3.05) is 7.11 Å². The summed E-state index contributed by atoms with van der Waals surface area (Å²) in [6.07, 6.45) is -2.46. The molecule has 0 saturated carbocycles. The zero-order chi connectivity index (χ0) is 10.7. The quantitative estimate of drug-likeness (QED) is 0.489. The van der Waals surface area contributed by atoms with Crippen LogP contribution in [0, 0.1) is 3.70 Å². The van der Waals surface area contributed by atoms with E-state index >= 15 is 0 Å². The molecule has 76 valence electrons. The van der Waals surface area contributed by atoms with Gasteiger partial charge in [0.05, 0.1) is 12.7 Å². The largest absolute Gasteiger partial charge is 0.496 e. The van der Waals surface area contributed by atoms with E-state index in [4.69, 9.17) is 4.74 Å². The summed E-state index contributed by atoms with van der Waals surface area (Å²) < 4.78 is 30.0. The maximum absolute atomic E-state index is 12.4. The van der Waals surface area contributed by atoms with Gasteiger partial charge in [-0.2, -0.15) is 0 Å². The summed E-state index contributed by atoms with van der Waals surface area (Å²) >= 11 is 1.78. The number of hydrogen-bond donors (Lipinski definition) is 0. The van der Waals surface area contributed by atoms with Gasteiger partial charge in [-0.05, 0) is 22.6 Å². The minimum absolute atomic E-state index is 0.120. The molecule has 1 aromatic heterocycles. The lowest BCUT2D eigenvalue weighted by Crippen LogP contribution is -2.02. The summed E-state index contributed by atoms with van der Waals surface area (Å²) in [4.78, 5) is 14.1. The number of methoxy groups -OCH3 is 1. The van der Waals surface area contributed by atoms with Crippen LogP contribution < -0.4 is 4.74 Å². The second kappa shape index (κ2) is 4.63. The Labute approximate surface area is 92.6 Å². The highest BCUT2D eigenvalue weighted by Gasteiger charge is 2.19. The maximum Gasteiger partial charge on any atom is 0.281 e. The summed E-state index contributed by atoms with van der Waals surface area (Å²) in [6, 6.07) is 1.43. The highest BCUT2D eigenvalue weighted by Crippen LogP contribution is 2.28. The molecular formula is C8H6F2INO2. The predicted molar refractivity (Wildman–Crippen MR) is 53.9 cm³/mol. The van der Waals surface area contributed by atoms with Crippen LogP contribution in [0.4, 0.5) is 8.78 Å².